The minimum atomic E-state index is -0.894. The molecule has 2 aromatic rings. The van der Waals surface area contributed by atoms with Crippen LogP contribution in [0, 0.1) is 17.0 Å². The average molecular weight is 279 g/mol. The zero-order valence-corrected chi connectivity index (χ0v) is 10.9. The number of rotatable bonds is 5. The van der Waals surface area contributed by atoms with Gasteiger partial charge in [-0.1, -0.05) is 0 Å². The summed E-state index contributed by atoms with van der Waals surface area (Å²) in [5.41, 5.74) is 0.220. The zero-order valence-electron chi connectivity index (χ0n) is 10.9. The van der Waals surface area contributed by atoms with Crippen LogP contribution in [0.25, 0.3) is 0 Å². The lowest BCUT2D eigenvalue weighted by Gasteiger charge is -2.12. The number of nitro benzene ring substituents is 1. The minimum Gasteiger partial charge on any atom is -0.483 e. The van der Waals surface area contributed by atoms with Crippen molar-refractivity contribution in [2.45, 2.75) is 26.6 Å². The topological polar surface area (TPSA) is 112 Å². The Bertz CT molecular complexity index is 623. The highest BCUT2D eigenvalue weighted by Crippen LogP contribution is 2.29. The molecule has 0 saturated carbocycles. The van der Waals surface area contributed by atoms with Crippen molar-refractivity contribution in [1.29, 1.82) is 0 Å². The maximum atomic E-state index is 10.7. The number of aryl methyl sites for hydroxylation is 1. The summed E-state index contributed by atoms with van der Waals surface area (Å²) in [6.07, 6.45) is -0.894. The van der Waals surface area contributed by atoms with Gasteiger partial charge in [-0.3, -0.25) is 10.1 Å². The average Bonchev–Trinajstić information content (AvgIpc) is 2.81. The van der Waals surface area contributed by atoms with Gasteiger partial charge in [0.15, 0.2) is 6.61 Å². The third kappa shape index (κ3) is 3.09. The summed E-state index contributed by atoms with van der Waals surface area (Å²) in [6.45, 7) is 3.19. The van der Waals surface area contributed by atoms with Crippen LogP contribution in [0.1, 0.15) is 30.4 Å². The van der Waals surface area contributed by atoms with Crippen LogP contribution in [0.4, 0.5) is 5.69 Å². The summed E-state index contributed by atoms with van der Waals surface area (Å²) in [4.78, 5) is 10.2. The van der Waals surface area contributed by atoms with Gasteiger partial charge in [0.2, 0.25) is 5.89 Å². The van der Waals surface area contributed by atoms with E-state index in [4.69, 9.17) is 9.15 Å². The first kappa shape index (κ1) is 13.9. The molecule has 0 aliphatic rings. The molecule has 0 spiro atoms. The first-order valence-corrected chi connectivity index (χ1v) is 5.85. The number of nitro groups is 1. The number of aliphatic hydroxyl groups excluding tert-OH is 1. The number of aromatic nitrogens is 2. The largest absolute Gasteiger partial charge is 0.483 e. The lowest BCUT2D eigenvalue weighted by molar-refractivity contribution is -0.385. The molecule has 2 rings (SSSR count). The van der Waals surface area contributed by atoms with Gasteiger partial charge in [-0.05, 0) is 13.0 Å². The summed E-state index contributed by atoms with van der Waals surface area (Å²) in [5.74, 6) is 1.04. The van der Waals surface area contributed by atoms with E-state index in [2.05, 4.69) is 10.2 Å². The van der Waals surface area contributed by atoms with Crippen molar-refractivity contribution in [3.63, 3.8) is 0 Å². The Morgan fingerprint density at radius 1 is 1.50 bits per heavy atom. The quantitative estimate of drug-likeness (QED) is 0.657. The molecule has 1 aromatic carbocycles. The highest BCUT2D eigenvalue weighted by Gasteiger charge is 2.16. The Morgan fingerprint density at radius 3 is 2.80 bits per heavy atom. The van der Waals surface area contributed by atoms with Crippen LogP contribution >= 0.6 is 0 Å². The normalized spacial score (nSPS) is 12.2. The first-order chi connectivity index (χ1) is 9.47. The van der Waals surface area contributed by atoms with Crippen LogP contribution in [0.15, 0.2) is 22.6 Å². The van der Waals surface area contributed by atoms with E-state index < -0.39 is 11.0 Å². The summed E-state index contributed by atoms with van der Waals surface area (Å²) in [7, 11) is 0. The summed E-state index contributed by atoms with van der Waals surface area (Å²) in [6, 6.07) is 4.02. The van der Waals surface area contributed by atoms with Crippen molar-refractivity contribution in [2.75, 3.05) is 0 Å². The Morgan fingerprint density at radius 2 is 2.25 bits per heavy atom. The molecule has 1 aromatic heterocycles. The highest BCUT2D eigenvalue weighted by molar-refractivity contribution is 5.44. The van der Waals surface area contributed by atoms with E-state index in [-0.39, 0.29) is 18.2 Å². The van der Waals surface area contributed by atoms with Crippen LogP contribution in [0.2, 0.25) is 0 Å². The number of benzene rings is 1. The van der Waals surface area contributed by atoms with Gasteiger partial charge in [0.1, 0.15) is 5.75 Å². The molecule has 8 nitrogen and oxygen atoms in total. The molecular formula is C12H13N3O5. The van der Waals surface area contributed by atoms with Crippen LogP contribution in [-0.4, -0.2) is 20.2 Å². The van der Waals surface area contributed by atoms with Crippen molar-refractivity contribution in [2.24, 2.45) is 0 Å². The van der Waals surface area contributed by atoms with E-state index >= 15 is 0 Å². The second-order valence-corrected chi connectivity index (χ2v) is 4.16. The van der Waals surface area contributed by atoms with Gasteiger partial charge in [0.05, 0.1) is 11.0 Å². The molecular weight excluding hydrogens is 266 g/mol. The number of nitrogens with zero attached hydrogens (tertiary/aromatic N) is 3. The molecule has 0 aliphatic carbocycles. The summed E-state index contributed by atoms with van der Waals surface area (Å²) >= 11 is 0. The lowest BCUT2D eigenvalue weighted by Crippen LogP contribution is -2.02. The SMILES string of the molecule is Cc1nnc(COc2ccc([N+](=O)[O-])cc2[C@H](C)O)o1. The molecule has 20 heavy (non-hydrogen) atoms. The lowest BCUT2D eigenvalue weighted by atomic mass is 10.1. The maximum absolute atomic E-state index is 10.7. The molecule has 0 amide bonds. The van der Waals surface area contributed by atoms with Crippen molar-refractivity contribution < 1.29 is 19.2 Å². The van der Waals surface area contributed by atoms with E-state index in [1.165, 1.54) is 25.1 Å². The molecule has 0 unspecified atom stereocenters. The van der Waals surface area contributed by atoms with E-state index in [0.29, 0.717) is 17.2 Å². The number of non-ortho nitro benzene ring substituents is 1. The van der Waals surface area contributed by atoms with Crippen LogP contribution < -0.4 is 4.74 Å². The molecule has 8 heteroatoms. The molecule has 106 valence electrons. The summed E-state index contributed by atoms with van der Waals surface area (Å²) < 4.78 is 10.6. The molecule has 1 atom stereocenters. The Hall–Kier alpha value is -2.48. The molecule has 0 bridgehead atoms. The third-order valence-electron chi connectivity index (χ3n) is 2.57. The van der Waals surface area contributed by atoms with E-state index in [1.807, 2.05) is 0 Å². The minimum absolute atomic E-state index is 0.0262. The zero-order chi connectivity index (χ0) is 14.7. The summed E-state index contributed by atoms with van der Waals surface area (Å²) in [5, 5.41) is 27.8. The van der Waals surface area contributed by atoms with Crippen molar-refractivity contribution in [3.8, 4) is 5.75 Å². The van der Waals surface area contributed by atoms with E-state index in [1.54, 1.807) is 6.92 Å². The van der Waals surface area contributed by atoms with Crippen LogP contribution in [0.3, 0.4) is 0 Å². The molecule has 0 radical (unpaired) electrons. The fourth-order valence-electron chi connectivity index (χ4n) is 1.64. The number of hydrogen-bond acceptors (Lipinski definition) is 7. The second kappa shape index (κ2) is 5.66. The van der Waals surface area contributed by atoms with E-state index in [9.17, 15) is 15.2 Å². The third-order valence-corrected chi connectivity index (χ3v) is 2.57. The molecule has 0 fully saturated rings. The van der Waals surface area contributed by atoms with E-state index in [0.717, 1.165) is 0 Å². The van der Waals surface area contributed by atoms with Gasteiger partial charge >= 0.3 is 0 Å². The van der Waals surface area contributed by atoms with Gasteiger partial charge in [-0.25, -0.2) is 0 Å². The van der Waals surface area contributed by atoms with Gasteiger partial charge in [-0.15, -0.1) is 10.2 Å². The maximum Gasteiger partial charge on any atom is 0.270 e. The number of ether oxygens (including phenoxy) is 1. The predicted molar refractivity (Wildman–Crippen MR) is 67.1 cm³/mol. The van der Waals surface area contributed by atoms with Crippen molar-refractivity contribution in [3.05, 3.63) is 45.7 Å². The fraction of sp³-hybridized carbons (Fsp3) is 0.333. The standard InChI is InChI=1S/C12H13N3O5/c1-7(16)10-5-9(15(17)18)3-4-11(10)19-6-12-14-13-8(2)20-12/h3-5,7,16H,6H2,1-2H3/t7-/m0/s1. The van der Waals surface area contributed by atoms with Gasteiger partial charge in [0, 0.05) is 24.6 Å². The smallest absolute Gasteiger partial charge is 0.270 e. The molecule has 0 saturated heterocycles. The second-order valence-electron chi connectivity index (χ2n) is 4.16. The molecule has 0 aliphatic heterocycles. The van der Waals surface area contributed by atoms with Gasteiger partial charge < -0.3 is 14.3 Å². The molecule has 1 heterocycles. The van der Waals surface area contributed by atoms with Crippen molar-refractivity contribution in [1.82, 2.24) is 10.2 Å². The Balaban J connectivity index is 2.20. The van der Waals surface area contributed by atoms with Gasteiger partial charge in [-0.2, -0.15) is 0 Å². The van der Waals surface area contributed by atoms with Gasteiger partial charge in [0.25, 0.3) is 11.6 Å². The van der Waals surface area contributed by atoms with Crippen molar-refractivity contribution >= 4 is 5.69 Å². The number of aliphatic hydroxyl groups is 1. The monoisotopic (exact) mass is 279 g/mol. The Labute approximate surface area is 114 Å². The predicted octanol–water partition coefficient (Wildman–Crippen LogP) is 1.92. The molecule has 1 N–H and O–H groups in total. The highest BCUT2D eigenvalue weighted by atomic mass is 16.6. The van der Waals surface area contributed by atoms with Crippen LogP contribution in [-0.2, 0) is 6.61 Å². The number of hydrogen-bond donors (Lipinski definition) is 1. The van der Waals surface area contributed by atoms with Crippen LogP contribution in [0.5, 0.6) is 5.75 Å². The first-order valence-electron chi connectivity index (χ1n) is 5.85. The Kier molecular flexibility index (Phi) is 3.94. The fourth-order valence-corrected chi connectivity index (χ4v) is 1.64.